The highest BCUT2D eigenvalue weighted by molar-refractivity contribution is 7.80. The minimum Gasteiger partial charge on any atom is -0.480 e. The second kappa shape index (κ2) is 9.39. The molecule has 1 aromatic heterocycles. The van der Waals surface area contributed by atoms with Gasteiger partial charge >= 0.3 is 0 Å². The summed E-state index contributed by atoms with van der Waals surface area (Å²) < 4.78 is 5.71. The summed E-state index contributed by atoms with van der Waals surface area (Å²) in [7, 11) is 0. The number of benzene rings is 3. The highest BCUT2D eigenvalue weighted by Gasteiger charge is 2.16. The van der Waals surface area contributed by atoms with Crippen LogP contribution in [0.4, 0.5) is 0 Å². The van der Waals surface area contributed by atoms with Gasteiger partial charge in [0.1, 0.15) is 11.2 Å². The third-order valence-corrected chi connectivity index (χ3v) is 5.74. The molecule has 1 N–H and O–H groups in total. The third kappa shape index (κ3) is 4.77. The van der Waals surface area contributed by atoms with E-state index in [2.05, 4.69) is 60.1 Å². The zero-order valence-corrected chi connectivity index (χ0v) is 19.6. The minimum atomic E-state index is -0.177. The number of halogens is 2. The number of aromatic nitrogens is 2. The van der Waals surface area contributed by atoms with Gasteiger partial charge in [0, 0.05) is 15.4 Å². The number of hydrogen-bond donors (Lipinski definition) is 2. The molecule has 0 aliphatic rings. The zero-order chi connectivity index (χ0) is 22.0. The van der Waals surface area contributed by atoms with Crippen LogP contribution in [0.1, 0.15) is 37.0 Å². The summed E-state index contributed by atoms with van der Waals surface area (Å²) in [5.41, 5.74) is 6.21. The van der Waals surface area contributed by atoms with E-state index in [9.17, 15) is 0 Å². The second-order valence-corrected chi connectivity index (χ2v) is 8.82. The maximum Gasteiger partial charge on any atom is 0.138 e. The fraction of sp³-hybridized carbons (Fsp3) is 0.160. The molecule has 0 saturated heterocycles. The molecule has 31 heavy (non-hydrogen) atoms. The SMILES string of the molecule is CC/C(=C(/c1ccc(OC(C)S)cc1)c1ccc2[nH]ncc2c1)c1ccc(Cl)cc1Cl. The van der Waals surface area contributed by atoms with Crippen molar-refractivity contribution in [3.63, 3.8) is 0 Å². The number of nitrogens with one attached hydrogen (secondary N) is 1. The first-order valence-corrected chi connectivity index (χ1v) is 11.3. The molecule has 0 fully saturated rings. The Balaban J connectivity index is 1.94. The number of allylic oxidation sites excluding steroid dienone is 1. The average molecular weight is 469 g/mol. The lowest BCUT2D eigenvalue weighted by Gasteiger charge is -2.18. The molecule has 1 heterocycles. The van der Waals surface area contributed by atoms with Crippen molar-refractivity contribution in [1.29, 1.82) is 0 Å². The van der Waals surface area contributed by atoms with Crippen LogP contribution in [0.25, 0.3) is 22.0 Å². The highest BCUT2D eigenvalue weighted by atomic mass is 35.5. The van der Waals surface area contributed by atoms with Crippen LogP contribution in [0.2, 0.25) is 10.0 Å². The molecule has 3 nitrogen and oxygen atoms in total. The highest BCUT2D eigenvalue weighted by Crippen LogP contribution is 2.39. The third-order valence-electron chi connectivity index (χ3n) is 5.09. The van der Waals surface area contributed by atoms with Crippen molar-refractivity contribution in [2.45, 2.75) is 25.7 Å². The van der Waals surface area contributed by atoms with Gasteiger partial charge in [0.15, 0.2) is 0 Å². The molecule has 3 aromatic carbocycles. The summed E-state index contributed by atoms with van der Waals surface area (Å²) in [6, 6.07) is 20.0. The van der Waals surface area contributed by atoms with E-state index in [0.29, 0.717) is 10.0 Å². The van der Waals surface area contributed by atoms with Gasteiger partial charge < -0.3 is 4.74 Å². The largest absolute Gasteiger partial charge is 0.480 e. The zero-order valence-electron chi connectivity index (χ0n) is 17.2. The number of thiol groups is 1. The Kier molecular flexibility index (Phi) is 6.61. The molecule has 0 aliphatic heterocycles. The van der Waals surface area contributed by atoms with Gasteiger partial charge in [0.05, 0.1) is 11.7 Å². The quantitative estimate of drug-likeness (QED) is 0.171. The second-order valence-electron chi connectivity index (χ2n) is 7.24. The number of aromatic amines is 1. The van der Waals surface area contributed by atoms with E-state index >= 15 is 0 Å². The number of rotatable bonds is 6. The lowest BCUT2D eigenvalue weighted by Crippen LogP contribution is -2.02. The summed E-state index contributed by atoms with van der Waals surface area (Å²) in [5.74, 6) is 0.776. The van der Waals surface area contributed by atoms with Crippen molar-refractivity contribution in [2.75, 3.05) is 0 Å². The maximum absolute atomic E-state index is 6.62. The predicted molar refractivity (Wildman–Crippen MR) is 134 cm³/mol. The van der Waals surface area contributed by atoms with E-state index in [4.69, 9.17) is 27.9 Å². The van der Waals surface area contributed by atoms with Crippen LogP contribution < -0.4 is 4.74 Å². The maximum atomic E-state index is 6.62. The van der Waals surface area contributed by atoms with Crippen molar-refractivity contribution in [2.24, 2.45) is 0 Å². The topological polar surface area (TPSA) is 37.9 Å². The number of nitrogens with zero attached hydrogens (tertiary/aromatic N) is 1. The minimum absolute atomic E-state index is 0.177. The smallest absolute Gasteiger partial charge is 0.138 e. The molecular weight excluding hydrogens is 447 g/mol. The standard InChI is InChI=1S/C25H22Cl2N2OS/c1-3-21(22-10-7-19(26)13-23(22)27)25(16-4-8-20(9-5-16)30-15(2)31)17-6-11-24-18(12-17)14-28-29-24/h4-15,31H,3H2,1-2H3,(H,28,29)/b25-21+. The van der Waals surface area contributed by atoms with Gasteiger partial charge in [-0.1, -0.05) is 54.4 Å². The molecule has 0 amide bonds. The number of ether oxygens (including phenoxy) is 1. The van der Waals surface area contributed by atoms with Crippen molar-refractivity contribution >= 4 is 57.9 Å². The molecule has 0 saturated carbocycles. The van der Waals surface area contributed by atoms with Gasteiger partial charge in [0.2, 0.25) is 0 Å². The van der Waals surface area contributed by atoms with Gasteiger partial charge in [-0.25, -0.2) is 0 Å². The number of fused-ring (bicyclic) bond motifs is 1. The molecule has 4 rings (SSSR count). The molecule has 6 heteroatoms. The summed E-state index contributed by atoms with van der Waals surface area (Å²) in [6.07, 6.45) is 2.63. The Morgan fingerprint density at radius 1 is 1.03 bits per heavy atom. The molecule has 0 bridgehead atoms. The Bertz CT molecular complexity index is 1250. The predicted octanol–water partition coefficient (Wildman–Crippen LogP) is 7.89. The van der Waals surface area contributed by atoms with Gasteiger partial charge in [-0.2, -0.15) is 5.10 Å². The van der Waals surface area contributed by atoms with Crippen LogP contribution in [0.15, 0.2) is 66.9 Å². The summed E-state index contributed by atoms with van der Waals surface area (Å²) in [5, 5.41) is 9.48. The molecular formula is C25H22Cl2N2OS. The van der Waals surface area contributed by atoms with E-state index in [1.165, 1.54) is 0 Å². The van der Waals surface area contributed by atoms with Crippen LogP contribution in [-0.4, -0.2) is 15.6 Å². The Morgan fingerprint density at radius 3 is 2.45 bits per heavy atom. The average Bonchev–Trinajstić information content (AvgIpc) is 3.21. The van der Waals surface area contributed by atoms with Crippen molar-refractivity contribution in [1.82, 2.24) is 10.2 Å². The summed E-state index contributed by atoms with van der Waals surface area (Å²) >= 11 is 17.1. The normalized spacial score (nSPS) is 13.2. The van der Waals surface area contributed by atoms with Crippen LogP contribution in [0, 0.1) is 0 Å². The van der Waals surface area contributed by atoms with Gasteiger partial charge in [-0.15, -0.1) is 12.6 Å². The fourth-order valence-corrected chi connectivity index (χ4v) is 4.39. The Morgan fingerprint density at radius 2 is 1.77 bits per heavy atom. The van der Waals surface area contributed by atoms with Gasteiger partial charge in [-0.3, -0.25) is 5.10 Å². The fourth-order valence-electron chi connectivity index (χ4n) is 3.75. The summed E-state index contributed by atoms with van der Waals surface area (Å²) in [4.78, 5) is 0. The molecule has 4 aromatic rings. The molecule has 1 unspecified atom stereocenters. The number of hydrogen-bond acceptors (Lipinski definition) is 3. The molecule has 0 radical (unpaired) electrons. The van der Waals surface area contributed by atoms with Crippen LogP contribution in [0.3, 0.4) is 0 Å². The molecule has 158 valence electrons. The first-order valence-electron chi connectivity index (χ1n) is 10.0. The summed E-state index contributed by atoms with van der Waals surface area (Å²) in [6.45, 7) is 4.02. The van der Waals surface area contributed by atoms with Crippen LogP contribution in [0.5, 0.6) is 5.75 Å². The molecule has 0 spiro atoms. The van der Waals surface area contributed by atoms with E-state index in [1.807, 2.05) is 37.4 Å². The monoisotopic (exact) mass is 468 g/mol. The van der Waals surface area contributed by atoms with Crippen molar-refractivity contribution in [3.05, 3.63) is 93.6 Å². The van der Waals surface area contributed by atoms with Crippen LogP contribution >= 0.6 is 35.8 Å². The van der Waals surface area contributed by atoms with Gasteiger partial charge in [0.25, 0.3) is 0 Å². The van der Waals surface area contributed by atoms with E-state index in [1.54, 1.807) is 6.07 Å². The van der Waals surface area contributed by atoms with E-state index < -0.39 is 0 Å². The first kappa shape index (κ1) is 21.8. The molecule has 0 aliphatic carbocycles. The van der Waals surface area contributed by atoms with E-state index in [-0.39, 0.29) is 5.44 Å². The first-order chi connectivity index (χ1) is 15.0. The Hall–Kier alpha value is -2.40. The molecule has 1 atom stereocenters. The Labute approximate surface area is 197 Å². The number of H-pyrrole nitrogens is 1. The van der Waals surface area contributed by atoms with Gasteiger partial charge in [-0.05, 0) is 77.6 Å². The van der Waals surface area contributed by atoms with E-state index in [0.717, 1.165) is 50.9 Å². The lowest BCUT2D eigenvalue weighted by molar-refractivity contribution is 0.310. The van der Waals surface area contributed by atoms with Crippen molar-refractivity contribution < 1.29 is 4.74 Å². The van der Waals surface area contributed by atoms with Crippen molar-refractivity contribution in [3.8, 4) is 5.75 Å². The van der Waals surface area contributed by atoms with Crippen LogP contribution in [-0.2, 0) is 0 Å². The lowest BCUT2D eigenvalue weighted by atomic mass is 9.88.